The lowest BCUT2D eigenvalue weighted by molar-refractivity contribution is -0.132. The van der Waals surface area contributed by atoms with E-state index < -0.39 is 0 Å². The number of thioether (sulfide) groups is 1. The maximum atomic E-state index is 12.1. The Morgan fingerprint density at radius 1 is 1.50 bits per heavy atom. The second-order valence-electron chi connectivity index (χ2n) is 5.31. The summed E-state index contributed by atoms with van der Waals surface area (Å²) in [6.07, 6.45) is 3.84. The first-order chi connectivity index (χ1) is 10.5. The highest BCUT2D eigenvalue weighted by Crippen LogP contribution is 2.19. The van der Waals surface area contributed by atoms with Crippen molar-refractivity contribution in [1.29, 1.82) is 0 Å². The summed E-state index contributed by atoms with van der Waals surface area (Å²) < 4.78 is 1.89. The summed E-state index contributed by atoms with van der Waals surface area (Å²) in [6, 6.07) is 0.311. The van der Waals surface area contributed by atoms with Gasteiger partial charge in [0.15, 0.2) is 5.16 Å². The Balaban J connectivity index is 1.81. The molecule has 0 atom stereocenters. The molecule has 120 valence electrons. The maximum absolute atomic E-state index is 12.1. The zero-order valence-electron chi connectivity index (χ0n) is 12.9. The van der Waals surface area contributed by atoms with E-state index in [1.165, 1.54) is 16.7 Å². The maximum Gasteiger partial charge on any atom is 0.239 e. The highest BCUT2D eigenvalue weighted by molar-refractivity contribution is 7.99. The van der Waals surface area contributed by atoms with Crippen LogP contribution in [-0.4, -0.2) is 56.9 Å². The molecule has 1 aromatic rings. The molecule has 2 rings (SSSR count). The molecule has 1 heterocycles. The highest BCUT2D eigenvalue weighted by Gasteiger charge is 2.24. The molecule has 7 nitrogen and oxygen atoms in total. The number of nitrogens with zero attached hydrogens (tertiary/aromatic N) is 4. The van der Waals surface area contributed by atoms with Gasteiger partial charge in [0.05, 0.1) is 12.3 Å². The molecule has 1 N–H and O–H groups in total. The van der Waals surface area contributed by atoms with Crippen LogP contribution < -0.4 is 5.32 Å². The Morgan fingerprint density at radius 3 is 2.86 bits per heavy atom. The van der Waals surface area contributed by atoms with Crippen molar-refractivity contribution >= 4 is 23.6 Å². The van der Waals surface area contributed by atoms with E-state index in [0.717, 1.165) is 18.7 Å². The molecule has 1 aromatic heterocycles. The van der Waals surface area contributed by atoms with Gasteiger partial charge in [0.1, 0.15) is 5.82 Å². The van der Waals surface area contributed by atoms with Gasteiger partial charge >= 0.3 is 0 Å². The number of hydrogen-bond donors (Lipinski definition) is 1. The van der Waals surface area contributed by atoms with Gasteiger partial charge in [-0.2, -0.15) is 0 Å². The van der Waals surface area contributed by atoms with Gasteiger partial charge in [0, 0.05) is 19.6 Å². The number of amides is 2. The van der Waals surface area contributed by atoms with Crippen LogP contribution in [0.2, 0.25) is 0 Å². The van der Waals surface area contributed by atoms with Gasteiger partial charge in [-0.3, -0.25) is 9.59 Å². The summed E-state index contributed by atoms with van der Waals surface area (Å²) in [5.74, 6) is 0.797. The first-order valence-corrected chi connectivity index (χ1v) is 8.16. The standard InChI is InChI=1S/C14H21N5O2S/c1-4-7-19-10(2)16-17-14(19)22-9-13(21)18(3)8-12(20)15-11-5-6-11/h4,11H,1,5-9H2,2-3H3,(H,15,20). The lowest BCUT2D eigenvalue weighted by atomic mass is 10.5. The lowest BCUT2D eigenvalue weighted by Gasteiger charge is -2.16. The van der Waals surface area contributed by atoms with Crippen molar-refractivity contribution in [2.45, 2.75) is 37.5 Å². The smallest absolute Gasteiger partial charge is 0.239 e. The van der Waals surface area contributed by atoms with Gasteiger partial charge in [0.25, 0.3) is 0 Å². The molecule has 1 fully saturated rings. The van der Waals surface area contributed by atoms with E-state index in [1.54, 1.807) is 13.1 Å². The number of rotatable bonds is 8. The molecule has 22 heavy (non-hydrogen) atoms. The van der Waals surface area contributed by atoms with E-state index in [2.05, 4.69) is 22.1 Å². The predicted octanol–water partition coefficient (Wildman–Crippen LogP) is 0.602. The number of hydrogen-bond acceptors (Lipinski definition) is 5. The number of carbonyl (C=O) groups is 2. The van der Waals surface area contributed by atoms with E-state index in [4.69, 9.17) is 0 Å². The molecule has 2 amide bonds. The zero-order valence-corrected chi connectivity index (χ0v) is 13.7. The van der Waals surface area contributed by atoms with Gasteiger partial charge in [-0.15, -0.1) is 16.8 Å². The van der Waals surface area contributed by atoms with E-state index in [0.29, 0.717) is 17.7 Å². The Kier molecular flexibility index (Phi) is 5.59. The van der Waals surface area contributed by atoms with Crippen molar-refractivity contribution in [2.24, 2.45) is 0 Å². The Hall–Kier alpha value is -1.83. The first-order valence-electron chi connectivity index (χ1n) is 7.18. The molecule has 8 heteroatoms. The van der Waals surface area contributed by atoms with Gasteiger partial charge in [-0.25, -0.2) is 0 Å². The van der Waals surface area contributed by atoms with Crippen LogP contribution in [0.3, 0.4) is 0 Å². The third kappa shape index (κ3) is 4.59. The summed E-state index contributed by atoms with van der Waals surface area (Å²) in [6.45, 7) is 6.25. The van der Waals surface area contributed by atoms with Crippen molar-refractivity contribution in [2.75, 3.05) is 19.3 Å². The second kappa shape index (κ2) is 7.44. The minimum atomic E-state index is -0.109. The number of aromatic nitrogens is 3. The SMILES string of the molecule is C=CCn1c(C)nnc1SCC(=O)N(C)CC(=O)NC1CC1. The number of carbonyl (C=O) groups excluding carboxylic acids is 2. The van der Waals surface area contributed by atoms with Crippen LogP contribution in [0, 0.1) is 6.92 Å². The number of likely N-dealkylation sites (N-methyl/N-ethyl adjacent to an activating group) is 1. The Labute approximate surface area is 134 Å². The largest absolute Gasteiger partial charge is 0.352 e. The zero-order chi connectivity index (χ0) is 16.1. The van der Waals surface area contributed by atoms with E-state index >= 15 is 0 Å². The number of aryl methyl sites for hydroxylation is 1. The van der Waals surface area contributed by atoms with Crippen LogP contribution in [-0.2, 0) is 16.1 Å². The van der Waals surface area contributed by atoms with Gasteiger partial charge in [-0.1, -0.05) is 17.8 Å². The second-order valence-corrected chi connectivity index (χ2v) is 6.25. The van der Waals surface area contributed by atoms with E-state index in [9.17, 15) is 9.59 Å². The number of allylic oxidation sites excluding steroid dienone is 1. The molecule has 1 aliphatic carbocycles. The summed E-state index contributed by atoms with van der Waals surface area (Å²) >= 11 is 1.32. The van der Waals surface area contributed by atoms with Gasteiger partial charge < -0.3 is 14.8 Å². The van der Waals surface area contributed by atoms with Crippen LogP contribution in [0.15, 0.2) is 17.8 Å². The predicted molar refractivity (Wildman–Crippen MR) is 84.5 cm³/mol. The topological polar surface area (TPSA) is 80.1 Å². The van der Waals surface area contributed by atoms with Crippen LogP contribution >= 0.6 is 11.8 Å². The van der Waals surface area contributed by atoms with Crippen molar-refractivity contribution < 1.29 is 9.59 Å². The van der Waals surface area contributed by atoms with E-state index in [1.807, 2.05) is 11.5 Å². The number of nitrogens with one attached hydrogen (secondary N) is 1. The monoisotopic (exact) mass is 323 g/mol. The summed E-state index contributed by atoms with van der Waals surface area (Å²) in [4.78, 5) is 25.2. The first kappa shape index (κ1) is 16.5. The third-order valence-corrected chi connectivity index (χ3v) is 4.24. The molecular formula is C14H21N5O2S. The normalized spacial score (nSPS) is 13.7. The average Bonchev–Trinajstić information content (AvgIpc) is 3.21. The molecule has 0 saturated heterocycles. The Morgan fingerprint density at radius 2 is 2.23 bits per heavy atom. The average molecular weight is 323 g/mol. The van der Waals surface area contributed by atoms with Crippen LogP contribution in [0.25, 0.3) is 0 Å². The van der Waals surface area contributed by atoms with Gasteiger partial charge in [0.2, 0.25) is 11.8 Å². The summed E-state index contributed by atoms with van der Waals surface area (Å²) in [5, 5.41) is 11.6. The third-order valence-electron chi connectivity index (χ3n) is 3.29. The van der Waals surface area contributed by atoms with Crippen molar-refractivity contribution in [3.63, 3.8) is 0 Å². The molecule has 0 radical (unpaired) electrons. The molecular weight excluding hydrogens is 302 g/mol. The molecule has 0 bridgehead atoms. The Bertz CT molecular complexity index is 568. The molecule has 0 aliphatic heterocycles. The fraction of sp³-hybridized carbons (Fsp3) is 0.571. The minimum Gasteiger partial charge on any atom is -0.352 e. The van der Waals surface area contributed by atoms with Crippen LogP contribution in [0.1, 0.15) is 18.7 Å². The van der Waals surface area contributed by atoms with Crippen molar-refractivity contribution in [1.82, 2.24) is 25.0 Å². The summed E-state index contributed by atoms with van der Waals surface area (Å²) in [5.41, 5.74) is 0. The molecule has 0 aromatic carbocycles. The van der Waals surface area contributed by atoms with Gasteiger partial charge in [-0.05, 0) is 19.8 Å². The molecule has 1 saturated carbocycles. The van der Waals surface area contributed by atoms with Crippen molar-refractivity contribution in [3.05, 3.63) is 18.5 Å². The molecule has 0 unspecified atom stereocenters. The quantitative estimate of drug-likeness (QED) is 0.560. The molecule has 1 aliphatic rings. The fourth-order valence-corrected chi connectivity index (χ4v) is 2.78. The lowest BCUT2D eigenvalue weighted by Crippen LogP contribution is -2.39. The summed E-state index contributed by atoms with van der Waals surface area (Å²) in [7, 11) is 1.63. The minimum absolute atomic E-state index is 0.0915. The fourth-order valence-electron chi connectivity index (χ4n) is 1.85. The highest BCUT2D eigenvalue weighted by atomic mass is 32.2. The molecule has 0 spiro atoms. The van der Waals surface area contributed by atoms with Crippen molar-refractivity contribution in [3.8, 4) is 0 Å². The van der Waals surface area contributed by atoms with Crippen LogP contribution in [0.4, 0.5) is 0 Å². The van der Waals surface area contributed by atoms with Crippen LogP contribution in [0.5, 0.6) is 0 Å². The van der Waals surface area contributed by atoms with E-state index in [-0.39, 0.29) is 24.1 Å².